The Labute approximate surface area is 139 Å². The van der Waals surface area contributed by atoms with Crippen LogP contribution in [0.1, 0.15) is 26.3 Å². The Bertz CT molecular complexity index is 698. The summed E-state index contributed by atoms with van der Waals surface area (Å²) in [7, 11) is 0. The van der Waals surface area contributed by atoms with Crippen LogP contribution in [0.2, 0.25) is 0 Å². The van der Waals surface area contributed by atoms with Gasteiger partial charge in [0, 0.05) is 10.4 Å². The largest absolute Gasteiger partial charge is 0.344 e. The highest BCUT2D eigenvalue weighted by molar-refractivity contribution is 7.99. The van der Waals surface area contributed by atoms with Crippen molar-refractivity contribution < 1.29 is 4.92 Å². The molecule has 2 rings (SSSR count). The average molecular weight is 333 g/mol. The van der Waals surface area contributed by atoms with Crippen molar-refractivity contribution in [3.8, 4) is 0 Å². The summed E-state index contributed by atoms with van der Waals surface area (Å²) in [4.78, 5) is 19.9. The predicted molar refractivity (Wildman–Crippen MR) is 90.5 cm³/mol. The van der Waals surface area contributed by atoms with E-state index in [9.17, 15) is 10.1 Å². The molecule has 122 valence electrons. The van der Waals surface area contributed by atoms with Crippen molar-refractivity contribution in [3.63, 3.8) is 0 Å². The first-order valence-corrected chi connectivity index (χ1v) is 7.85. The highest BCUT2D eigenvalue weighted by Gasteiger charge is 2.24. The lowest BCUT2D eigenvalue weighted by molar-refractivity contribution is -0.387. The molecule has 1 aromatic heterocycles. The monoisotopic (exact) mass is 333 g/mol. The van der Waals surface area contributed by atoms with Crippen LogP contribution < -0.4 is 10.9 Å². The Morgan fingerprint density at radius 1 is 1.17 bits per heavy atom. The Morgan fingerprint density at radius 2 is 1.83 bits per heavy atom. The zero-order chi connectivity index (χ0) is 17.0. The molecular weight excluding hydrogens is 314 g/mol. The highest BCUT2D eigenvalue weighted by atomic mass is 32.2. The first-order chi connectivity index (χ1) is 10.8. The second-order valence-corrected chi connectivity index (χ2v) is 7.11. The molecule has 0 aliphatic rings. The number of aryl methyl sites for hydroxylation is 1. The van der Waals surface area contributed by atoms with Gasteiger partial charge in [0.25, 0.3) is 0 Å². The quantitative estimate of drug-likeness (QED) is 0.491. The Morgan fingerprint density at radius 3 is 2.39 bits per heavy atom. The minimum atomic E-state index is -0.469. The van der Waals surface area contributed by atoms with Gasteiger partial charge < -0.3 is 0 Å². The normalized spacial score (nSPS) is 11.3. The van der Waals surface area contributed by atoms with Crippen LogP contribution in [0.5, 0.6) is 0 Å². The van der Waals surface area contributed by atoms with Crippen LogP contribution in [0.25, 0.3) is 0 Å². The van der Waals surface area contributed by atoms with Crippen molar-refractivity contribution in [3.05, 3.63) is 46.3 Å². The third-order valence-electron chi connectivity index (χ3n) is 2.76. The molecule has 8 heteroatoms. The number of rotatable bonds is 5. The maximum absolute atomic E-state index is 11.5. The molecule has 2 N–H and O–H groups in total. The summed E-state index contributed by atoms with van der Waals surface area (Å²) in [5, 5.41) is 11.8. The Balaban J connectivity index is 2.32. The first kappa shape index (κ1) is 17.2. The number of nitro groups is 1. The highest BCUT2D eigenvalue weighted by Crippen LogP contribution is 2.36. The SMILES string of the molecule is Cc1ccc(Sc2ncnc(NNC(C)(C)C)c2[N+](=O)[O-])cc1. The fourth-order valence-corrected chi connectivity index (χ4v) is 2.52. The molecule has 0 amide bonds. The van der Waals surface area contributed by atoms with Gasteiger partial charge in [0.1, 0.15) is 6.33 Å². The van der Waals surface area contributed by atoms with Gasteiger partial charge in [-0.05, 0) is 39.8 Å². The summed E-state index contributed by atoms with van der Waals surface area (Å²) in [5.41, 5.74) is 6.52. The van der Waals surface area contributed by atoms with Crippen LogP contribution in [-0.4, -0.2) is 20.4 Å². The summed E-state index contributed by atoms with van der Waals surface area (Å²) >= 11 is 1.24. The minimum Gasteiger partial charge on any atom is -0.299 e. The van der Waals surface area contributed by atoms with E-state index in [2.05, 4.69) is 20.8 Å². The second kappa shape index (κ2) is 6.93. The number of aromatic nitrogens is 2. The molecule has 0 bridgehead atoms. The molecule has 0 radical (unpaired) electrons. The van der Waals surface area contributed by atoms with Gasteiger partial charge >= 0.3 is 5.69 Å². The van der Waals surface area contributed by atoms with E-state index in [-0.39, 0.29) is 17.0 Å². The van der Waals surface area contributed by atoms with Gasteiger partial charge in [-0.2, -0.15) is 0 Å². The van der Waals surface area contributed by atoms with Gasteiger partial charge in [0.2, 0.25) is 5.82 Å². The van der Waals surface area contributed by atoms with Gasteiger partial charge in [-0.1, -0.05) is 29.5 Å². The number of nitrogens with zero attached hydrogens (tertiary/aromatic N) is 3. The summed E-state index contributed by atoms with van der Waals surface area (Å²) in [6, 6.07) is 7.73. The van der Waals surface area contributed by atoms with Gasteiger partial charge in [-0.3, -0.25) is 15.5 Å². The second-order valence-electron chi connectivity index (χ2n) is 6.05. The summed E-state index contributed by atoms with van der Waals surface area (Å²) in [6.45, 7) is 7.81. The lowest BCUT2D eigenvalue weighted by Gasteiger charge is -2.21. The van der Waals surface area contributed by atoms with Crippen LogP contribution in [0.15, 0.2) is 40.5 Å². The fraction of sp³-hybridized carbons (Fsp3) is 0.333. The molecular formula is C15H19N5O2S. The molecule has 0 saturated carbocycles. The lowest BCUT2D eigenvalue weighted by Crippen LogP contribution is -2.40. The predicted octanol–water partition coefficient (Wildman–Crippen LogP) is 3.56. The number of hydrazine groups is 1. The number of benzene rings is 1. The van der Waals surface area contributed by atoms with Crippen molar-refractivity contribution in [1.82, 2.24) is 15.4 Å². The van der Waals surface area contributed by atoms with E-state index >= 15 is 0 Å². The average Bonchev–Trinajstić information content (AvgIpc) is 2.46. The summed E-state index contributed by atoms with van der Waals surface area (Å²) < 4.78 is 0. The Hall–Kier alpha value is -2.19. The third kappa shape index (κ3) is 4.90. The van der Waals surface area contributed by atoms with Crippen LogP contribution in [0, 0.1) is 17.0 Å². The van der Waals surface area contributed by atoms with E-state index < -0.39 is 4.92 Å². The number of hydrogen-bond acceptors (Lipinski definition) is 7. The molecule has 1 aromatic carbocycles. The van der Waals surface area contributed by atoms with Crippen LogP contribution in [0.3, 0.4) is 0 Å². The molecule has 1 heterocycles. The van der Waals surface area contributed by atoms with Crippen LogP contribution in [-0.2, 0) is 0 Å². The molecule has 23 heavy (non-hydrogen) atoms. The van der Waals surface area contributed by atoms with Gasteiger partial charge in [0.05, 0.1) is 4.92 Å². The van der Waals surface area contributed by atoms with Crippen molar-refractivity contribution >= 4 is 23.3 Å². The maximum Gasteiger partial charge on any atom is 0.344 e. The molecule has 0 spiro atoms. The number of anilines is 1. The van der Waals surface area contributed by atoms with Crippen molar-refractivity contribution in [2.24, 2.45) is 0 Å². The molecule has 2 aromatic rings. The molecule has 0 aliphatic carbocycles. The number of nitrogens with one attached hydrogen (secondary N) is 2. The molecule has 0 saturated heterocycles. The van der Waals surface area contributed by atoms with Crippen LogP contribution >= 0.6 is 11.8 Å². The van der Waals surface area contributed by atoms with Gasteiger partial charge in [-0.25, -0.2) is 15.4 Å². The number of hydrogen-bond donors (Lipinski definition) is 2. The minimum absolute atomic E-state index is 0.144. The lowest BCUT2D eigenvalue weighted by atomic mass is 10.1. The maximum atomic E-state index is 11.5. The van der Waals surface area contributed by atoms with E-state index in [4.69, 9.17) is 0 Å². The van der Waals surface area contributed by atoms with Crippen molar-refractivity contribution in [2.75, 3.05) is 5.43 Å². The fourth-order valence-electron chi connectivity index (χ4n) is 1.66. The summed E-state index contributed by atoms with van der Waals surface area (Å²) in [6.07, 6.45) is 1.32. The zero-order valence-electron chi connectivity index (χ0n) is 13.5. The molecule has 7 nitrogen and oxygen atoms in total. The third-order valence-corrected chi connectivity index (χ3v) is 3.76. The summed E-state index contributed by atoms with van der Waals surface area (Å²) in [5.74, 6) is 0.148. The molecule has 0 unspecified atom stereocenters. The first-order valence-electron chi connectivity index (χ1n) is 7.03. The molecule has 0 aliphatic heterocycles. The van der Waals surface area contributed by atoms with Gasteiger partial charge in [0.15, 0.2) is 5.03 Å². The molecule has 0 fully saturated rings. The van der Waals surface area contributed by atoms with Crippen molar-refractivity contribution in [1.29, 1.82) is 0 Å². The topological polar surface area (TPSA) is 93.0 Å². The van der Waals surface area contributed by atoms with Crippen LogP contribution in [0.4, 0.5) is 11.5 Å². The zero-order valence-corrected chi connectivity index (χ0v) is 14.3. The van der Waals surface area contributed by atoms with Crippen molar-refractivity contribution in [2.45, 2.75) is 43.2 Å². The van der Waals surface area contributed by atoms with E-state index in [0.717, 1.165) is 10.5 Å². The van der Waals surface area contributed by atoms with E-state index in [1.807, 2.05) is 52.0 Å². The molecule has 0 atom stereocenters. The standard InChI is InChI=1S/C15H19N5O2S/c1-10-5-7-11(8-6-10)23-14-12(20(21)22)13(16-9-17-14)18-19-15(2,3)4/h5-9,19H,1-4H3,(H,16,17,18). The smallest absolute Gasteiger partial charge is 0.299 e. The van der Waals surface area contributed by atoms with Gasteiger partial charge in [-0.15, -0.1) is 0 Å². The van der Waals surface area contributed by atoms with E-state index in [1.165, 1.54) is 18.1 Å². The van der Waals surface area contributed by atoms with E-state index in [0.29, 0.717) is 5.03 Å². The Kier molecular flexibility index (Phi) is 5.17. The van der Waals surface area contributed by atoms with E-state index in [1.54, 1.807) is 0 Å².